The minimum absolute atomic E-state index is 0.0579. The second-order valence-electron chi connectivity index (χ2n) is 6.60. The molecular formula is C20H22N4O. The fraction of sp³-hybridized carbons (Fsp3) is 0.300. The number of rotatable bonds is 3. The highest BCUT2D eigenvalue weighted by Gasteiger charge is 2.24. The second-order valence-corrected chi connectivity index (χ2v) is 6.60. The van der Waals surface area contributed by atoms with Crippen LogP contribution in [0.2, 0.25) is 0 Å². The predicted octanol–water partition coefficient (Wildman–Crippen LogP) is 2.77. The van der Waals surface area contributed by atoms with Gasteiger partial charge in [-0.05, 0) is 50.2 Å². The smallest absolute Gasteiger partial charge is 0.253 e. The molecule has 1 aromatic heterocycles. The van der Waals surface area contributed by atoms with Gasteiger partial charge in [-0.15, -0.1) is 0 Å². The SMILES string of the molecule is Cc1nc2cc(C(=O)N(C)C3CCNC3)ccc2n1-c1ccccc1. The lowest BCUT2D eigenvalue weighted by atomic mass is 10.1. The third-order valence-electron chi connectivity index (χ3n) is 4.99. The number of amides is 1. The maximum Gasteiger partial charge on any atom is 0.253 e. The van der Waals surface area contributed by atoms with E-state index in [1.807, 2.05) is 55.3 Å². The molecule has 1 fully saturated rings. The number of benzene rings is 2. The normalized spacial score (nSPS) is 17.1. The van der Waals surface area contributed by atoms with Gasteiger partial charge in [0.25, 0.3) is 5.91 Å². The summed E-state index contributed by atoms with van der Waals surface area (Å²) >= 11 is 0. The molecule has 1 unspecified atom stereocenters. The molecule has 4 rings (SSSR count). The zero-order chi connectivity index (χ0) is 17.4. The van der Waals surface area contributed by atoms with E-state index in [9.17, 15) is 4.79 Å². The van der Waals surface area contributed by atoms with Crippen LogP contribution in [-0.2, 0) is 0 Å². The maximum absolute atomic E-state index is 12.8. The Bertz CT molecular complexity index is 910. The molecule has 0 radical (unpaired) electrons. The molecule has 5 heteroatoms. The van der Waals surface area contributed by atoms with Crippen LogP contribution >= 0.6 is 0 Å². The highest BCUT2D eigenvalue weighted by Crippen LogP contribution is 2.23. The monoisotopic (exact) mass is 334 g/mol. The highest BCUT2D eigenvalue weighted by molar-refractivity contribution is 5.97. The molecule has 5 nitrogen and oxygen atoms in total. The van der Waals surface area contributed by atoms with E-state index in [0.717, 1.165) is 42.1 Å². The first-order chi connectivity index (χ1) is 12.1. The number of likely N-dealkylation sites (N-methyl/N-ethyl adjacent to an activating group) is 1. The summed E-state index contributed by atoms with van der Waals surface area (Å²) in [7, 11) is 1.89. The minimum atomic E-state index is 0.0579. The van der Waals surface area contributed by atoms with Crippen molar-refractivity contribution in [3.05, 3.63) is 59.9 Å². The molecule has 2 heterocycles. The molecule has 1 saturated heterocycles. The summed E-state index contributed by atoms with van der Waals surface area (Å²) < 4.78 is 2.12. The summed E-state index contributed by atoms with van der Waals surface area (Å²) in [5.74, 6) is 0.974. The molecule has 1 atom stereocenters. The summed E-state index contributed by atoms with van der Waals surface area (Å²) in [4.78, 5) is 19.3. The summed E-state index contributed by atoms with van der Waals surface area (Å²) in [5, 5.41) is 3.31. The molecule has 25 heavy (non-hydrogen) atoms. The number of imidazole rings is 1. The Labute approximate surface area is 147 Å². The molecule has 1 amide bonds. The molecule has 1 aliphatic rings. The van der Waals surface area contributed by atoms with Gasteiger partial charge in [-0.1, -0.05) is 18.2 Å². The van der Waals surface area contributed by atoms with Gasteiger partial charge in [0.05, 0.1) is 11.0 Å². The largest absolute Gasteiger partial charge is 0.337 e. The van der Waals surface area contributed by atoms with E-state index >= 15 is 0 Å². The maximum atomic E-state index is 12.8. The van der Waals surface area contributed by atoms with Gasteiger partial charge in [0.2, 0.25) is 0 Å². The Morgan fingerprint density at radius 1 is 1.24 bits per heavy atom. The summed E-state index contributed by atoms with van der Waals surface area (Å²) in [6.45, 7) is 3.83. The first kappa shape index (κ1) is 15.8. The lowest BCUT2D eigenvalue weighted by Gasteiger charge is -2.23. The molecule has 0 aliphatic carbocycles. The number of carbonyl (C=O) groups is 1. The molecular weight excluding hydrogens is 312 g/mol. The number of fused-ring (bicyclic) bond motifs is 1. The number of nitrogens with one attached hydrogen (secondary N) is 1. The highest BCUT2D eigenvalue weighted by atomic mass is 16.2. The summed E-state index contributed by atoms with van der Waals surface area (Å²) in [6, 6.07) is 16.2. The topological polar surface area (TPSA) is 50.2 Å². The first-order valence-corrected chi connectivity index (χ1v) is 8.67. The number of carbonyl (C=O) groups excluding carboxylic acids is 1. The fourth-order valence-corrected chi connectivity index (χ4v) is 3.58. The summed E-state index contributed by atoms with van der Waals surface area (Å²) in [6.07, 6.45) is 1.01. The van der Waals surface area contributed by atoms with Crippen LogP contribution in [0.1, 0.15) is 22.6 Å². The van der Waals surface area contributed by atoms with Crippen molar-refractivity contribution in [2.24, 2.45) is 0 Å². The standard InChI is InChI=1S/C20H22N4O/c1-14-22-18-12-15(20(25)23(2)17-10-11-21-13-17)8-9-19(18)24(14)16-6-4-3-5-7-16/h3-9,12,17,21H,10-11,13H2,1-2H3. The van der Waals surface area contributed by atoms with Crippen molar-refractivity contribution in [2.75, 3.05) is 20.1 Å². The minimum Gasteiger partial charge on any atom is -0.337 e. The molecule has 0 spiro atoms. The number of aryl methyl sites for hydroxylation is 1. The van der Waals surface area contributed by atoms with E-state index in [2.05, 4.69) is 27.0 Å². The molecule has 2 aromatic carbocycles. The van der Waals surface area contributed by atoms with Gasteiger partial charge < -0.3 is 10.2 Å². The van der Waals surface area contributed by atoms with Gasteiger partial charge in [-0.25, -0.2) is 4.98 Å². The van der Waals surface area contributed by atoms with E-state index in [4.69, 9.17) is 0 Å². The van der Waals surface area contributed by atoms with Crippen LogP contribution in [0.4, 0.5) is 0 Å². The number of hydrogen-bond acceptors (Lipinski definition) is 3. The van der Waals surface area contributed by atoms with Gasteiger partial charge in [0.15, 0.2) is 0 Å². The Hall–Kier alpha value is -2.66. The van der Waals surface area contributed by atoms with Crippen LogP contribution in [0.15, 0.2) is 48.5 Å². The van der Waals surface area contributed by atoms with Crippen molar-refractivity contribution >= 4 is 16.9 Å². The Morgan fingerprint density at radius 2 is 2.04 bits per heavy atom. The predicted molar refractivity (Wildman–Crippen MR) is 99.2 cm³/mol. The van der Waals surface area contributed by atoms with Crippen LogP contribution in [0.3, 0.4) is 0 Å². The van der Waals surface area contributed by atoms with Gasteiger partial charge >= 0.3 is 0 Å². The van der Waals surface area contributed by atoms with Gasteiger partial charge in [-0.2, -0.15) is 0 Å². The Morgan fingerprint density at radius 3 is 2.76 bits per heavy atom. The average molecular weight is 334 g/mol. The van der Waals surface area contributed by atoms with E-state index < -0.39 is 0 Å². The van der Waals surface area contributed by atoms with E-state index in [1.165, 1.54) is 0 Å². The Kier molecular flexibility index (Phi) is 4.01. The van der Waals surface area contributed by atoms with Crippen molar-refractivity contribution in [2.45, 2.75) is 19.4 Å². The number of nitrogens with zero attached hydrogens (tertiary/aromatic N) is 3. The van der Waals surface area contributed by atoms with Gasteiger partial charge in [0.1, 0.15) is 5.82 Å². The molecule has 0 saturated carbocycles. The lowest BCUT2D eigenvalue weighted by molar-refractivity contribution is 0.0744. The molecule has 1 aliphatic heterocycles. The van der Waals surface area contributed by atoms with E-state index in [0.29, 0.717) is 5.56 Å². The van der Waals surface area contributed by atoms with Crippen molar-refractivity contribution < 1.29 is 4.79 Å². The molecule has 0 bridgehead atoms. The third-order valence-corrected chi connectivity index (χ3v) is 4.99. The zero-order valence-corrected chi connectivity index (χ0v) is 14.6. The first-order valence-electron chi connectivity index (χ1n) is 8.67. The number of para-hydroxylation sites is 1. The van der Waals surface area contributed by atoms with Crippen LogP contribution < -0.4 is 5.32 Å². The quantitative estimate of drug-likeness (QED) is 0.801. The second kappa shape index (κ2) is 6.33. The lowest BCUT2D eigenvalue weighted by Crippen LogP contribution is -2.38. The van der Waals surface area contributed by atoms with Crippen LogP contribution in [0.5, 0.6) is 0 Å². The fourth-order valence-electron chi connectivity index (χ4n) is 3.58. The molecule has 1 N–H and O–H groups in total. The van der Waals surface area contributed by atoms with Crippen LogP contribution in [0, 0.1) is 6.92 Å². The van der Waals surface area contributed by atoms with E-state index in [-0.39, 0.29) is 11.9 Å². The average Bonchev–Trinajstić information content (AvgIpc) is 3.27. The number of aromatic nitrogens is 2. The molecule has 3 aromatic rings. The summed E-state index contributed by atoms with van der Waals surface area (Å²) in [5.41, 5.74) is 3.64. The van der Waals surface area contributed by atoms with Gasteiger partial charge in [0, 0.05) is 30.9 Å². The van der Waals surface area contributed by atoms with Gasteiger partial charge in [-0.3, -0.25) is 9.36 Å². The van der Waals surface area contributed by atoms with Crippen LogP contribution in [0.25, 0.3) is 16.7 Å². The van der Waals surface area contributed by atoms with Crippen molar-refractivity contribution in [3.63, 3.8) is 0 Å². The third kappa shape index (κ3) is 2.81. The zero-order valence-electron chi connectivity index (χ0n) is 14.6. The molecule has 128 valence electrons. The van der Waals surface area contributed by atoms with Crippen molar-refractivity contribution in [3.8, 4) is 5.69 Å². The Balaban J connectivity index is 1.71. The van der Waals surface area contributed by atoms with Crippen molar-refractivity contribution in [1.82, 2.24) is 19.8 Å². The van der Waals surface area contributed by atoms with E-state index in [1.54, 1.807) is 0 Å². The number of hydrogen-bond donors (Lipinski definition) is 1. The van der Waals surface area contributed by atoms with Crippen LogP contribution in [-0.4, -0.2) is 46.5 Å². The van der Waals surface area contributed by atoms with Crippen molar-refractivity contribution in [1.29, 1.82) is 0 Å².